The number of para-hydroxylation sites is 1. The van der Waals surface area contributed by atoms with Crippen molar-refractivity contribution in [1.29, 1.82) is 0 Å². The molecule has 10 nitrogen and oxygen atoms in total. The van der Waals surface area contributed by atoms with Crippen molar-refractivity contribution in [3.63, 3.8) is 0 Å². The van der Waals surface area contributed by atoms with Crippen molar-refractivity contribution >= 4 is 40.4 Å². The van der Waals surface area contributed by atoms with Crippen LogP contribution in [0, 0.1) is 0 Å². The first-order valence-corrected chi connectivity index (χ1v) is 14.4. The zero-order chi connectivity index (χ0) is 29.7. The lowest BCUT2D eigenvalue weighted by atomic mass is 10.1. The average Bonchev–Trinajstić information content (AvgIpc) is 3.46. The summed E-state index contributed by atoms with van der Waals surface area (Å²) in [7, 11) is 0. The minimum Gasteiger partial charge on any atom is -0.378 e. The number of imidazole rings is 1. The first-order valence-electron chi connectivity index (χ1n) is 14.4. The van der Waals surface area contributed by atoms with Gasteiger partial charge in [-0.1, -0.05) is 42.5 Å². The second-order valence-electron chi connectivity index (χ2n) is 10.3. The lowest BCUT2D eigenvalue weighted by Crippen LogP contribution is -2.36. The third kappa shape index (κ3) is 5.92. The fraction of sp³-hybridized carbons (Fsp3) is 0.118. The predicted molar refractivity (Wildman–Crippen MR) is 173 cm³/mol. The number of fused-ring (bicyclic) bond motifs is 1. The third-order valence-electron chi connectivity index (χ3n) is 7.33. The molecule has 4 heterocycles. The van der Waals surface area contributed by atoms with Crippen LogP contribution in [-0.2, 0) is 4.74 Å². The lowest BCUT2D eigenvalue weighted by molar-refractivity contribution is 0.122. The standard InChI is InChI=1S/C34H30N8O2/c43-34(37-25-9-2-1-3-10-25)38-26-11-6-8-24(22-26)31-32(42-17-5-4-14-30(42)40-31)29-15-16-35-33(39-29)36-27-12-7-13-28(23-27)41-18-20-44-21-19-41/h1-17,22-23H,18-21H2,(H,35,36,39)(H2,37,38,43). The molecule has 0 unspecified atom stereocenters. The second-order valence-corrected chi connectivity index (χ2v) is 10.3. The monoisotopic (exact) mass is 582 g/mol. The Kier molecular flexibility index (Phi) is 7.54. The number of pyridine rings is 1. The number of hydrogen-bond donors (Lipinski definition) is 3. The van der Waals surface area contributed by atoms with E-state index in [1.165, 1.54) is 0 Å². The van der Waals surface area contributed by atoms with Crippen molar-refractivity contribution < 1.29 is 9.53 Å². The number of morpholine rings is 1. The van der Waals surface area contributed by atoms with Gasteiger partial charge in [0.15, 0.2) is 0 Å². The molecule has 6 aromatic rings. The smallest absolute Gasteiger partial charge is 0.323 e. The number of nitrogens with one attached hydrogen (secondary N) is 3. The Morgan fingerprint density at radius 3 is 2.41 bits per heavy atom. The summed E-state index contributed by atoms with van der Waals surface area (Å²) in [6.45, 7) is 3.18. The minimum absolute atomic E-state index is 0.326. The van der Waals surface area contributed by atoms with E-state index in [9.17, 15) is 4.79 Å². The summed E-state index contributed by atoms with van der Waals surface area (Å²) in [5, 5.41) is 9.16. The number of carbonyl (C=O) groups is 1. The van der Waals surface area contributed by atoms with E-state index in [0.717, 1.165) is 60.3 Å². The quantitative estimate of drug-likeness (QED) is 0.193. The molecule has 218 valence electrons. The molecule has 0 atom stereocenters. The number of ether oxygens (including phenoxy) is 1. The number of benzene rings is 3. The topological polar surface area (TPSA) is 109 Å². The minimum atomic E-state index is -0.326. The van der Waals surface area contributed by atoms with Gasteiger partial charge in [0, 0.05) is 53.8 Å². The molecule has 44 heavy (non-hydrogen) atoms. The second kappa shape index (κ2) is 12.2. The molecule has 1 aliphatic heterocycles. The van der Waals surface area contributed by atoms with Crippen LogP contribution in [0.25, 0.3) is 28.3 Å². The van der Waals surface area contributed by atoms with Crippen LogP contribution in [-0.4, -0.2) is 51.7 Å². The van der Waals surface area contributed by atoms with E-state index in [-0.39, 0.29) is 6.03 Å². The molecule has 10 heteroatoms. The van der Waals surface area contributed by atoms with Gasteiger partial charge in [0.05, 0.1) is 30.3 Å². The van der Waals surface area contributed by atoms with Crippen molar-refractivity contribution in [1.82, 2.24) is 19.4 Å². The Morgan fingerprint density at radius 1 is 0.750 bits per heavy atom. The highest BCUT2D eigenvalue weighted by molar-refractivity contribution is 6.00. The van der Waals surface area contributed by atoms with Gasteiger partial charge in [-0.3, -0.25) is 4.40 Å². The normalized spacial score (nSPS) is 13.0. The molecule has 3 aromatic heterocycles. The van der Waals surface area contributed by atoms with E-state index >= 15 is 0 Å². The number of amides is 2. The molecule has 0 bridgehead atoms. The molecule has 1 aliphatic rings. The lowest BCUT2D eigenvalue weighted by Gasteiger charge is -2.29. The number of rotatable bonds is 7. The van der Waals surface area contributed by atoms with Crippen LogP contribution in [0.2, 0.25) is 0 Å². The fourth-order valence-corrected chi connectivity index (χ4v) is 5.28. The Bertz CT molecular complexity index is 1920. The van der Waals surface area contributed by atoms with Gasteiger partial charge in [0.25, 0.3) is 0 Å². The molecular formula is C34H30N8O2. The molecule has 1 fully saturated rings. The van der Waals surface area contributed by atoms with Crippen LogP contribution >= 0.6 is 0 Å². The zero-order valence-electron chi connectivity index (χ0n) is 23.9. The van der Waals surface area contributed by atoms with Crippen molar-refractivity contribution in [3.05, 3.63) is 116 Å². The van der Waals surface area contributed by atoms with E-state index in [1.54, 1.807) is 6.20 Å². The molecule has 0 radical (unpaired) electrons. The number of aromatic nitrogens is 4. The number of urea groups is 1. The first kappa shape index (κ1) is 27.1. The third-order valence-corrected chi connectivity index (χ3v) is 7.33. The SMILES string of the molecule is O=C(Nc1ccccc1)Nc1cccc(-c2nc3ccccn3c2-c2ccnc(Nc3cccc(N4CCOCC4)c3)n2)c1. The Balaban J connectivity index is 1.19. The first-order chi connectivity index (χ1) is 21.7. The Labute approximate surface area is 254 Å². The maximum atomic E-state index is 12.7. The van der Waals surface area contributed by atoms with E-state index in [1.807, 2.05) is 102 Å². The van der Waals surface area contributed by atoms with Crippen LogP contribution in [0.15, 0.2) is 116 Å². The maximum absolute atomic E-state index is 12.7. The molecular weight excluding hydrogens is 552 g/mol. The van der Waals surface area contributed by atoms with E-state index in [2.05, 4.69) is 38.0 Å². The molecule has 0 aliphatic carbocycles. The molecule has 1 saturated heterocycles. The highest BCUT2D eigenvalue weighted by atomic mass is 16.5. The number of hydrogen-bond acceptors (Lipinski definition) is 7. The summed E-state index contributed by atoms with van der Waals surface area (Å²) in [5.74, 6) is 0.478. The van der Waals surface area contributed by atoms with E-state index in [0.29, 0.717) is 23.0 Å². The van der Waals surface area contributed by atoms with Gasteiger partial charge >= 0.3 is 6.03 Å². The van der Waals surface area contributed by atoms with Crippen molar-refractivity contribution in [2.75, 3.05) is 47.2 Å². The van der Waals surface area contributed by atoms with Gasteiger partial charge in [-0.2, -0.15) is 0 Å². The number of anilines is 5. The molecule has 3 aromatic carbocycles. The van der Waals surface area contributed by atoms with Crippen LogP contribution in [0.3, 0.4) is 0 Å². The van der Waals surface area contributed by atoms with Crippen LogP contribution in [0.5, 0.6) is 0 Å². The summed E-state index contributed by atoms with van der Waals surface area (Å²) < 4.78 is 7.52. The number of carbonyl (C=O) groups excluding carboxylic acids is 1. The van der Waals surface area contributed by atoms with Gasteiger partial charge in [0.2, 0.25) is 5.95 Å². The Hall–Kier alpha value is -5.74. The zero-order valence-corrected chi connectivity index (χ0v) is 23.9. The van der Waals surface area contributed by atoms with Gasteiger partial charge < -0.3 is 25.6 Å². The fourth-order valence-electron chi connectivity index (χ4n) is 5.28. The van der Waals surface area contributed by atoms with Crippen LogP contribution in [0.1, 0.15) is 0 Å². The summed E-state index contributed by atoms with van der Waals surface area (Å²) in [5.41, 5.74) is 7.27. The van der Waals surface area contributed by atoms with Gasteiger partial charge in [0.1, 0.15) is 5.65 Å². The van der Waals surface area contributed by atoms with Gasteiger partial charge in [-0.05, 0) is 60.7 Å². The summed E-state index contributed by atoms with van der Waals surface area (Å²) >= 11 is 0. The molecule has 3 N–H and O–H groups in total. The number of nitrogens with zero attached hydrogens (tertiary/aromatic N) is 5. The molecule has 7 rings (SSSR count). The molecule has 2 amide bonds. The van der Waals surface area contributed by atoms with E-state index in [4.69, 9.17) is 14.7 Å². The van der Waals surface area contributed by atoms with Crippen molar-refractivity contribution in [3.8, 4) is 22.6 Å². The summed E-state index contributed by atoms with van der Waals surface area (Å²) in [6.07, 6.45) is 3.71. The highest BCUT2D eigenvalue weighted by Gasteiger charge is 2.19. The summed E-state index contributed by atoms with van der Waals surface area (Å²) in [6, 6.07) is 32.6. The van der Waals surface area contributed by atoms with Gasteiger partial charge in [-0.25, -0.2) is 19.7 Å². The van der Waals surface area contributed by atoms with Crippen LogP contribution in [0.4, 0.5) is 33.5 Å². The highest BCUT2D eigenvalue weighted by Crippen LogP contribution is 2.33. The Morgan fingerprint density at radius 2 is 1.52 bits per heavy atom. The van der Waals surface area contributed by atoms with Crippen LogP contribution < -0.4 is 20.9 Å². The summed E-state index contributed by atoms with van der Waals surface area (Å²) in [4.78, 5) is 29.4. The molecule has 0 saturated carbocycles. The van der Waals surface area contributed by atoms with Gasteiger partial charge in [-0.15, -0.1) is 0 Å². The average molecular weight is 583 g/mol. The van der Waals surface area contributed by atoms with Crippen molar-refractivity contribution in [2.24, 2.45) is 0 Å². The molecule has 0 spiro atoms. The predicted octanol–water partition coefficient (Wildman–Crippen LogP) is 6.68. The van der Waals surface area contributed by atoms with Crippen molar-refractivity contribution in [2.45, 2.75) is 0 Å². The maximum Gasteiger partial charge on any atom is 0.323 e. The van der Waals surface area contributed by atoms with E-state index < -0.39 is 0 Å². The largest absolute Gasteiger partial charge is 0.378 e.